The first kappa shape index (κ1) is 13.1. The van der Waals surface area contributed by atoms with Gasteiger partial charge in [-0.3, -0.25) is 4.99 Å². The minimum absolute atomic E-state index is 0.0158. The van der Waals surface area contributed by atoms with Gasteiger partial charge in [0.25, 0.3) is 0 Å². The summed E-state index contributed by atoms with van der Waals surface area (Å²) < 4.78 is 0. The smallest absolute Gasteiger partial charge is 0.0420 e. The van der Waals surface area contributed by atoms with Gasteiger partial charge in [-0.1, -0.05) is 42.9 Å². The van der Waals surface area contributed by atoms with Gasteiger partial charge in [0.2, 0.25) is 0 Å². The Morgan fingerprint density at radius 3 is 2.94 bits per heavy atom. The fraction of sp³-hybridized carbons (Fsp3) is 0.471. The van der Waals surface area contributed by atoms with Crippen molar-refractivity contribution in [1.29, 1.82) is 0 Å². The van der Waals surface area contributed by atoms with Crippen LogP contribution in [0.3, 0.4) is 0 Å². The minimum atomic E-state index is -0.0158. The number of hydrogen-bond acceptors (Lipinski definition) is 1. The summed E-state index contributed by atoms with van der Waals surface area (Å²) >= 11 is 0. The SMILES string of the molecule is C=C1CCC=C(C2(C)C=CC(CC)=CN=C2)CC1. The number of hydrogen-bond donors (Lipinski definition) is 0. The highest BCUT2D eigenvalue weighted by Gasteiger charge is 2.25. The van der Waals surface area contributed by atoms with Crippen LogP contribution in [0.1, 0.15) is 46.0 Å². The van der Waals surface area contributed by atoms with Crippen LogP contribution in [0, 0.1) is 5.41 Å². The zero-order chi connectivity index (χ0) is 13.0. The van der Waals surface area contributed by atoms with E-state index in [1.165, 1.54) is 16.7 Å². The Kier molecular flexibility index (Phi) is 4.00. The van der Waals surface area contributed by atoms with Crippen molar-refractivity contribution in [1.82, 2.24) is 0 Å². The molecule has 1 aliphatic carbocycles. The molecule has 1 nitrogen and oxygen atoms in total. The lowest BCUT2D eigenvalue weighted by Gasteiger charge is -2.24. The molecular formula is C17H23N. The van der Waals surface area contributed by atoms with Crippen molar-refractivity contribution >= 4 is 6.21 Å². The quantitative estimate of drug-likeness (QED) is 0.604. The summed E-state index contributed by atoms with van der Waals surface area (Å²) in [5, 5.41) is 0. The van der Waals surface area contributed by atoms with Crippen LogP contribution in [0.2, 0.25) is 0 Å². The molecule has 1 heterocycles. The third-order valence-electron chi connectivity index (χ3n) is 3.96. The molecule has 0 aromatic heterocycles. The van der Waals surface area contributed by atoms with Crippen LogP contribution in [0.5, 0.6) is 0 Å². The summed E-state index contributed by atoms with van der Waals surface area (Å²) in [7, 11) is 0. The average Bonchev–Trinajstić information content (AvgIpc) is 2.68. The number of aliphatic imine (C=N–C) groups is 1. The van der Waals surface area contributed by atoms with Gasteiger partial charge in [-0.15, -0.1) is 0 Å². The molecule has 0 N–H and O–H groups in total. The maximum Gasteiger partial charge on any atom is 0.0420 e. The lowest BCUT2D eigenvalue weighted by atomic mass is 9.80. The van der Waals surface area contributed by atoms with Crippen molar-refractivity contribution in [3.63, 3.8) is 0 Å². The highest BCUT2D eigenvalue weighted by Crippen LogP contribution is 2.35. The highest BCUT2D eigenvalue weighted by atomic mass is 14.7. The molecular weight excluding hydrogens is 218 g/mol. The summed E-state index contributed by atoms with van der Waals surface area (Å²) in [6.45, 7) is 8.56. The second kappa shape index (κ2) is 5.51. The largest absolute Gasteiger partial charge is 0.268 e. The van der Waals surface area contributed by atoms with Gasteiger partial charge in [0.15, 0.2) is 0 Å². The van der Waals surface area contributed by atoms with Crippen molar-refractivity contribution in [2.45, 2.75) is 46.0 Å². The van der Waals surface area contributed by atoms with E-state index in [-0.39, 0.29) is 5.41 Å². The van der Waals surface area contributed by atoms with E-state index >= 15 is 0 Å². The van der Waals surface area contributed by atoms with Crippen molar-refractivity contribution < 1.29 is 0 Å². The summed E-state index contributed by atoms with van der Waals surface area (Å²) in [6, 6.07) is 0. The Balaban J connectivity index is 2.22. The first-order valence-corrected chi connectivity index (χ1v) is 6.93. The van der Waals surface area contributed by atoms with Gasteiger partial charge in [-0.2, -0.15) is 0 Å². The maximum atomic E-state index is 4.49. The molecule has 1 aliphatic heterocycles. The van der Waals surface area contributed by atoms with Crippen molar-refractivity contribution in [3.05, 3.63) is 47.7 Å². The molecule has 2 rings (SSSR count). The van der Waals surface area contributed by atoms with Crippen LogP contribution >= 0.6 is 0 Å². The molecule has 18 heavy (non-hydrogen) atoms. The molecule has 0 bridgehead atoms. The average molecular weight is 241 g/mol. The van der Waals surface area contributed by atoms with Crippen LogP contribution in [0.15, 0.2) is 52.7 Å². The van der Waals surface area contributed by atoms with Gasteiger partial charge in [-0.25, -0.2) is 0 Å². The van der Waals surface area contributed by atoms with Gasteiger partial charge < -0.3 is 0 Å². The number of rotatable bonds is 2. The van der Waals surface area contributed by atoms with Crippen molar-refractivity contribution in [2.24, 2.45) is 10.4 Å². The van der Waals surface area contributed by atoms with Gasteiger partial charge in [0, 0.05) is 17.8 Å². The highest BCUT2D eigenvalue weighted by molar-refractivity contribution is 5.74. The second-order valence-electron chi connectivity index (χ2n) is 5.47. The Morgan fingerprint density at radius 2 is 2.17 bits per heavy atom. The topological polar surface area (TPSA) is 12.4 Å². The van der Waals surface area contributed by atoms with E-state index in [2.05, 4.69) is 49.9 Å². The lowest BCUT2D eigenvalue weighted by molar-refractivity contribution is 0.678. The van der Waals surface area contributed by atoms with E-state index in [0.717, 1.165) is 32.1 Å². The van der Waals surface area contributed by atoms with E-state index in [4.69, 9.17) is 0 Å². The zero-order valence-electron chi connectivity index (χ0n) is 11.6. The lowest BCUT2D eigenvalue weighted by Crippen LogP contribution is -2.18. The van der Waals surface area contributed by atoms with Crippen molar-refractivity contribution in [3.8, 4) is 0 Å². The number of nitrogens with zero attached hydrogens (tertiary/aromatic N) is 1. The molecule has 0 radical (unpaired) electrons. The molecule has 0 spiro atoms. The van der Waals surface area contributed by atoms with E-state index in [0.29, 0.717) is 0 Å². The molecule has 0 saturated heterocycles. The Labute approximate surface area is 111 Å². The van der Waals surface area contributed by atoms with Crippen LogP contribution in [0.25, 0.3) is 0 Å². The summed E-state index contributed by atoms with van der Waals surface area (Å²) in [5.74, 6) is 0. The maximum absolute atomic E-state index is 4.49. The molecule has 2 aliphatic rings. The van der Waals surface area contributed by atoms with E-state index < -0.39 is 0 Å². The molecule has 0 aromatic rings. The van der Waals surface area contributed by atoms with Crippen LogP contribution in [0.4, 0.5) is 0 Å². The van der Waals surface area contributed by atoms with Crippen molar-refractivity contribution in [2.75, 3.05) is 0 Å². The predicted molar refractivity (Wildman–Crippen MR) is 79.8 cm³/mol. The molecule has 0 amide bonds. The normalized spacial score (nSPS) is 28.4. The monoisotopic (exact) mass is 241 g/mol. The van der Waals surface area contributed by atoms with Gasteiger partial charge >= 0.3 is 0 Å². The van der Waals surface area contributed by atoms with Gasteiger partial charge in [0.05, 0.1) is 0 Å². The first-order chi connectivity index (χ1) is 8.64. The molecule has 0 saturated carbocycles. The molecule has 1 atom stereocenters. The third kappa shape index (κ3) is 2.90. The molecule has 1 heteroatoms. The van der Waals surface area contributed by atoms with E-state index in [9.17, 15) is 0 Å². The van der Waals surface area contributed by atoms with E-state index in [1.807, 2.05) is 6.20 Å². The fourth-order valence-electron chi connectivity index (χ4n) is 2.53. The number of allylic oxidation sites excluding steroid dienone is 6. The Bertz CT molecular complexity index is 448. The standard InChI is InChI=1S/C17H23N/c1-4-15-10-11-17(3,13-18-12-15)16-7-5-6-14(2)8-9-16/h7,10-13H,2,4-6,8-9H2,1,3H3. The molecule has 96 valence electrons. The van der Waals surface area contributed by atoms with Crippen LogP contribution in [-0.4, -0.2) is 6.21 Å². The van der Waals surface area contributed by atoms with Crippen LogP contribution < -0.4 is 0 Å². The van der Waals surface area contributed by atoms with Crippen LogP contribution in [-0.2, 0) is 0 Å². The molecule has 1 unspecified atom stereocenters. The molecule has 0 fully saturated rings. The first-order valence-electron chi connectivity index (χ1n) is 6.93. The van der Waals surface area contributed by atoms with Gasteiger partial charge in [0.1, 0.15) is 0 Å². The zero-order valence-corrected chi connectivity index (χ0v) is 11.6. The summed E-state index contributed by atoms with van der Waals surface area (Å²) in [5.41, 5.74) is 4.16. The second-order valence-corrected chi connectivity index (χ2v) is 5.47. The molecule has 0 aromatic carbocycles. The summed E-state index contributed by atoms with van der Waals surface area (Å²) in [4.78, 5) is 4.49. The predicted octanol–water partition coefficient (Wildman–Crippen LogP) is 4.98. The Hall–Kier alpha value is -1.37. The van der Waals surface area contributed by atoms with Gasteiger partial charge in [-0.05, 0) is 44.6 Å². The fourth-order valence-corrected chi connectivity index (χ4v) is 2.53. The minimum Gasteiger partial charge on any atom is -0.268 e. The Morgan fingerprint density at radius 1 is 1.33 bits per heavy atom. The summed E-state index contributed by atoms with van der Waals surface area (Å²) in [6.07, 6.45) is 16.5. The van der Waals surface area contributed by atoms with E-state index in [1.54, 1.807) is 0 Å². The third-order valence-corrected chi connectivity index (χ3v) is 3.96.